The van der Waals surface area contributed by atoms with Crippen LogP contribution in [0, 0.1) is 5.82 Å². The molecule has 2 rings (SSSR count). The molecule has 17 heavy (non-hydrogen) atoms. The third kappa shape index (κ3) is 2.78. The summed E-state index contributed by atoms with van der Waals surface area (Å²) in [5, 5.41) is 0. The molecule has 0 aliphatic carbocycles. The quantitative estimate of drug-likeness (QED) is 0.635. The minimum atomic E-state index is -0.566. The van der Waals surface area contributed by atoms with Crippen molar-refractivity contribution in [2.75, 3.05) is 5.73 Å². The van der Waals surface area contributed by atoms with E-state index in [1.807, 2.05) is 0 Å². The Hall–Kier alpha value is -2.43. The van der Waals surface area contributed by atoms with Crippen molar-refractivity contribution in [2.24, 2.45) is 0 Å². The number of esters is 1. The molecule has 0 fully saturated rings. The van der Waals surface area contributed by atoms with Gasteiger partial charge >= 0.3 is 5.97 Å². The van der Waals surface area contributed by atoms with E-state index < -0.39 is 5.97 Å². The highest BCUT2D eigenvalue weighted by molar-refractivity contribution is 5.90. The lowest BCUT2D eigenvalue weighted by molar-refractivity contribution is 0.0734. The van der Waals surface area contributed by atoms with Gasteiger partial charge in [-0.2, -0.15) is 0 Å². The highest BCUT2D eigenvalue weighted by Crippen LogP contribution is 2.13. The zero-order chi connectivity index (χ0) is 12.3. The second-order valence-corrected chi connectivity index (χ2v) is 3.32. The molecule has 0 unspecified atom stereocenters. The standard InChI is InChI=1S/C12H9FN2O2/c13-9-2-4-10(5-3-9)17-12(16)8-1-6-11(14)15-7-8/h1-7H,(H2,14,15). The van der Waals surface area contributed by atoms with E-state index in [0.29, 0.717) is 5.82 Å². The Morgan fingerprint density at radius 2 is 1.88 bits per heavy atom. The molecule has 0 bridgehead atoms. The lowest BCUT2D eigenvalue weighted by Crippen LogP contribution is -2.09. The van der Waals surface area contributed by atoms with E-state index in [-0.39, 0.29) is 17.1 Å². The van der Waals surface area contributed by atoms with Gasteiger partial charge in [0.1, 0.15) is 17.4 Å². The molecule has 0 saturated heterocycles. The fraction of sp³-hybridized carbons (Fsp3) is 0. The predicted octanol–water partition coefficient (Wildman–Crippen LogP) is 2.02. The fourth-order valence-corrected chi connectivity index (χ4v) is 1.19. The van der Waals surface area contributed by atoms with E-state index in [4.69, 9.17) is 10.5 Å². The number of nitrogens with two attached hydrogens (primary N) is 1. The number of pyridine rings is 1. The number of hydrogen-bond acceptors (Lipinski definition) is 4. The van der Waals surface area contributed by atoms with Gasteiger partial charge in [0.05, 0.1) is 5.56 Å². The Bertz CT molecular complexity index is 523. The van der Waals surface area contributed by atoms with Crippen LogP contribution < -0.4 is 10.5 Å². The Labute approximate surface area is 96.9 Å². The average Bonchev–Trinajstić information content (AvgIpc) is 2.33. The SMILES string of the molecule is Nc1ccc(C(=O)Oc2ccc(F)cc2)cn1. The number of benzene rings is 1. The maximum absolute atomic E-state index is 12.6. The number of nitrogen functional groups attached to an aromatic ring is 1. The van der Waals surface area contributed by atoms with E-state index in [9.17, 15) is 9.18 Å². The lowest BCUT2D eigenvalue weighted by Gasteiger charge is -2.03. The van der Waals surface area contributed by atoms with Crippen molar-refractivity contribution in [3.8, 4) is 5.75 Å². The minimum absolute atomic E-state index is 0.272. The first-order valence-electron chi connectivity index (χ1n) is 4.84. The molecule has 0 spiro atoms. The first kappa shape index (κ1) is 11.1. The molecule has 1 aromatic heterocycles. The fourth-order valence-electron chi connectivity index (χ4n) is 1.19. The van der Waals surface area contributed by atoms with Gasteiger partial charge in [-0.1, -0.05) is 0 Å². The smallest absolute Gasteiger partial charge is 0.345 e. The molecule has 2 aromatic rings. The van der Waals surface area contributed by atoms with E-state index in [2.05, 4.69) is 4.98 Å². The van der Waals surface area contributed by atoms with Crippen LogP contribution in [0.25, 0.3) is 0 Å². The van der Waals surface area contributed by atoms with Gasteiger partial charge in [0.2, 0.25) is 0 Å². The van der Waals surface area contributed by atoms with Crippen LogP contribution in [0.3, 0.4) is 0 Å². The number of ether oxygens (including phenoxy) is 1. The van der Waals surface area contributed by atoms with Gasteiger partial charge in [0, 0.05) is 6.20 Å². The van der Waals surface area contributed by atoms with E-state index in [0.717, 1.165) is 0 Å². The molecule has 86 valence electrons. The van der Waals surface area contributed by atoms with Crippen molar-refractivity contribution < 1.29 is 13.9 Å². The van der Waals surface area contributed by atoms with Crippen LogP contribution in [0.4, 0.5) is 10.2 Å². The third-order valence-corrected chi connectivity index (χ3v) is 2.05. The van der Waals surface area contributed by atoms with Gasteiger partial charge in [-0.15, -0.1) is 0 Å². The van der Waals surface area contributed by atoms with Crippen LogP contribution in [0.5, 0.6) is 5.75 Å². The number of aromatic nitrogens is 1. The summed E-state index contributed by atoms with van der Waals surface area (Å²) in [4.78, 5) is 15.4. The van der Waals surface area contributed by atoms with E-state index in [1.165, 1.54) is 42.6 Å². The predicted molar refractivity (Wildman–Crippen MR) is 60.0 cm³/mol. The van der Waals surface area contributed by atoms with E-state index >= 15 is 0 Å². The zero-order valence-electron chi connectivity index (χ0n) is 8.76. The molecule has 0 radical (unpaired) electrons. The van der Waals surface area contributed by atoms with Gasteiger partial charge in [0.15, 0.2) is 0 Å². The Balaban J connectivity index is 2.11. The van der Waals surface area contributed by atoms with Crippen LogP contribution in [-0.2, 0) is 0 Å². The van der Waals surface area contributed by atoms with Gasteiger partial charge in [0.25, 0.3) is 0 Å². The molecule has 0 amide bonds. The van der Waals surface area contributed by atoms with Crippen LogP contribution in [-0.4, -0.2) is 11.0 Å². The second-order valence-electron chi connectivity index (χ2n) is 3.32. The van der Waals surface area contributed by atoms with Gasteiger partial charge in [-0.3, -0.25) is 0 Å². The number of rotatable bonds is 2. The molecule has 2 N–H and O–H groups in total. The van der Waals surface area contributed by atoms with Crippen molar-refractivity contribution in [3.05, 3.63) is 54.0 Å². The summed E-state index contributed by atoms with van der Waals surface area (Å²) in [5.74, 6) is -0.361. The topological polar surface area (TPSA) is 65.2 Å². The van der Waals surface area contributed by atoms with Crippen molar-refractivity contribution in [3.63, 3.8) is 0 Å². The van der Waals surface area contributed by atoms with Gasteiger partial charge in [-0.05, 0) is 36.4 Å². The largest absolute Gasteiger partial charge is 0.423 e. The summed E-state index contributed by atoms with van der Waals surface area (Å²) in [5.41, 5.74) is 5.67. The minimum Gasteiger partial charge on any atom is -0.423 e. The van der Waals surface area contributed by atoms with E-state index in [1.54, 1.807) is 0 Å². The molecule has 0 aliphatic rings. The first-order valence-corrected chi connectivity index (χ1v) is 4.84. The number of nitrogens with zero attached hydrogens (tertiary/aromatic N) is 1. The van der Waals surface area contributed by atoms with Crippen molar-refractivity contribution in [1.29, 1.82) is 0 Å². The summed E-state index contributed by atoms with van der Waals surface area (Å²) >= 11 is 0. The second kappa shape index (κ2) is 4.61. The number of anilines is 1. The first-order chi connectivity index (χ1) is 8.15. The number of carbonyl (C=O) groups is 1. The molecular formula is C12H9FN2O2. The summed E-state index contributed by atoms with van der Waals surface area (Å²) < 4.78 is 17.6. The van der Waals surface area contributed by atoms with Crippen LogP contribution in [0.15, 0.2) is 42.6 Å². The Morgan fingerprint density at radius 3 is 2.47 bits per heavy atom. The molecular weight excluding hydrogens is 223 g/mol. The van der Waals surface area contributed by atoms with Crippen LogP contribution in [0.1, 0.15) is 10.4 Å². The Kier molecular flexibility index (Phi) is 3.00. The normalized spacial score (nSPS) is 9.94. The maximum atomic E-state index is 12.6. The molecule has 1 heterocycles. The lowest BCUT2D eigenvalue weighted by atomic mass is 10.3. The molecule has 1 aromatic carbocycles. The molecule has 0 aliphatic heterocycles. The number of carbonyl (C=O) groups excluding carboxylic acids is 1. The van der Waals surface area contributed by atoms with Gasteiger partial charge < -0.3 is 10.5 Å². The summed E-state index contributed by atoms with van der Waals surface area (Å²) in [6.45, 7) is 0. The van der Waals surface area contributed by atoms with Gasteiger partial charge in [-0.25, -0.2) is 14.2 Å². The van der Waals surface area contributed by atoms with Crippen molar-refractivity contribution in [2.45, 2.75) is 0 Å². The van der Waals surface area contributed by atoms with Crippen LogP contribution >= 0.6 is 0 Å². The third-order valence-electron chi connectivity index (χ3n) is 2.05. The summed E-state index contributed by atoms with van der Waals surface area (Å²) in [6.07, 6.45) is 1.32. The van der Waals surface area contributed by atoms with Crippen molar-refractivity contribution in [1.82, 2.24) is 4.98 Å². The zero-order valence-corrected chi connectivity index (χ0v) is 8.76. The van der Waals surface area contributed by atoms with Crippen LogP contribution in [0.2, 0.25) is 0 Å². The Morgan fingerprint density at radius 1 is 1.18 bits per heavy atom. The average molecular weight is 232 g/mol. The monoisotopic (exact) mass is 232 g/mol. The molecule has 5 heteroatoms. The highest BCUT2D eigenvalue weighted by atomic mass is 19.1. The highest BCUT2D eigenvalue weighted by Gasteiger charge is 2.08. The molecule has 0 atom stereocenters. The summed E-state index contributed by atoms with van der Waals surface area (Å²) in [7, 11) is 0. The van der Waals surface area contributed by atoms with Crippen molar-refractivity contribution >= 4 is 11.8 Å². The summed E-state index contributed by atoms with van der Waals surface area (Å²) in [6, 6.07) is 8.18. The molecule has 0 saturated carbocycles. The number of halogens is 1. The number of hydrogen-bond donors (Lipinski definition) is 1. The molecule has 4 nitrogen and oxygen atoms in total. The maximum Gasteiger partial charge on any atom is 0.345 e.